The molecule has 1 aliphatic heterocycles. The maximum Gasteiger partial charge on any atom is 0.0800 e. The Kier molecular flexibility index (Phi) is 5.17. The number of aromatic nitrogens is 2. The topological polar surface area (TPSA) is 55.9 Å². The first-order valence-electron chi connectivity index (χ1n) is 11.1. The summed E-state index contributed by atoms with van der Waals surface area (Å²) in [5.74, 6) is 0.738. The van der Waals surface area contributed by atoms with Crippen LogP contribution in [0.25, 0.3) is 0 Å². The van der Waals surface area contributed by atoms with E-state index >= 15 is 0 Å². The molecule has 0 amide bonds. The standard InChI is InChI=1S/C22H38N4/c1-21(2,16-23)24-15-18-20(19-7-6-14-26(19)25-18)17-8-12-22(13-9-17)10-4-3-5-11-22/h17,24H,3-16,23H2,1-2H3. The predicted octanol–water partition coefficient (Wildman–Crippen LogP) is 4.26. The Bertz CT molecular complexity index is 614. The largest absolute Gasteiger partial charge is 0.329 e. The summed E-state index contributed by atoms with van der Waals surface area (Å²) in [6, 6.07) is 0. The van der Waals surface area contributed by atoms with Gasteiger partial charge in [-0.15, -0.1) is 0 Å². The molecule has 2 aliphatic carbocycles. The molecule has 0 saturated heterocycles. The van der Waals surface area contributed by atoms with Crippen LogP contribution >= 0.6 is 0 Å². The van der Waals surface area contributed by atoms with Crippen molar-refractivity contribution in [3.8, 4) is 0 Å². The van der Waals surface area contributed by atoms with Crippen LogP contribution in [0.1, 0.15) is 101 Å². The Morgan fingerprint density at radius 3 is 2.54 bits per heavy atom. The molecule has 3 aliphatic rings. The second-order valence-corrected chi connectivity index (χ2v) is 9.91. The minimum Gasteiger partial charge on any atom is -0.329 e. The minimum atomic E-state index is -0.0238. The molecule has 1 aromatic rings. The third-order valence-corrected chi connectivity index (χ3v) is 7.57. The molecule has 1 spiro atoms. The molecule has 4 heteroatoms. The van der Waals surface area contributed by atoms with E-state index in [1.54, 1.807) is 11.3 Å². The van der Waals surface area contributed by atoms with E-state index in [-0.39, 0.29) is 5.54 Å². The molecule has 0 unspecified atom stereocenters. The summed E-state index contributed by atoms with van der Waals surface area (Å²) in [5, 5.41) is 8.67. The summed E-state index contributed by atoms with van der Waals surface area (Å²) in [7, 11) is 0. The number of rotatable bonds is 5. The average molecular weight is 359 g/mol. The van der Waals surface area contributed by atoms with Gasteiger partial charge in [-0.3, -0.25) is 4.68 Å². The van der Waals surface area contributed by atoms with Gasteiger partial charge in [0.25, 0.3) is 0 Å². The van der Waals surface area contributed by atoms with Gasteiger partial charge >= 0.3 is 0 Å². The van der Waals surface area contributed by atoms with Gasteiger partial charge in [0.1, 0.15) is 0 Å². The fourth-order valence-corrected chi connectivity index (χ4v) is 5.73. The first kappa shape index (κ1) is 18.5. The Balaban J connectivity index is 1.50. The van der Waals surface area contributed by atoms with Gasteiger partial charge in [-0.1, -0.05) is 19.3 Å². The normalized spacial score (nSPS) is 23.5. The van der Waals surface area contributed by atoms with Crippen LogP contribution in [0.3, 0.4) is 0 Å². The monoisotopic (exact) mass is 358 g/mol. The number of aryl methyl sites for hydroxylation is 1. The molecule has 0 atom stereocenters. The van der Waals surface area contributed by atoms with Crippen LogP contribution in [-0.2, 0) is 19.5 Å². The Morgan fingerprint density at radius 2 is 1.85 bits per heavy atom. The SMILES string of the molecule is CC(C)(CN)NCc1nn2c(c1C1CCC3(CCCCC3)CC1)CCC2. The molecule has 1 aromatic heterocycles. The molecule has 4 nitrogen and oxygen atoms in total. The van der Waals surface area contributed by atoms with E-state index in [4.69, 9.17) is 10.8 Å². The van der Waals surface area contributed by atoms with Gasteiger partial charge in [0.2, 0.25) is 0 Å². The van der Waals surface area contributed by atoms with Gasteiger partial charge in [-0.25, -0.2) is 0 Å². The second kappa shape index (κ2) is 7.27. The zero-order valence-corrected chi connectivity index (χ0v) is 16.9. The highest BCUT2D eigenvalue weighted by Crippen LogP contribution is 2.51. The van der Waals surface area contributed by atoms with Crippen molar-refractivity contribution in [1.29, 1.82) is 0 Å². The number of nitrogens with one attached hydrogen (secondary N) is 1. The van der Waals surface area contributed by atoms with Gasteiger partial charge in [0.05, 0.1) is 5.69 Å². The quantitative estimate of drug-likeness (QED) is 0.827. The Morgan fingerprint density at radius 1 is 1.12 bits per heavy atom. The van der Waals surface area contributed by atoms with Gasteiger partial charge in [-0.05, 0) is 76.5 Å². The highest BCUT2D eigenvalue weighted by Gasteiger charge is 2.38. The molecule has 2 fully saturated rings. The summed E-state index contributed by atoms with van der Waals surface area (Å²) in [4.78, 5) is 0. The van der Waals surface area contributed by atoms with E-state index in [2.05, 4.69) is 23.8 Å². The molecular weight excluding hydrogens is 320 g/mol. The van der Waals surface area contributed by atoms with Crippen LogP contribution in [0.2, 0.25) is 0 Å². The molecule has 0 radical (unpaired) electrons. The number of hydrogen-bond acceptors (Lipinski definition) is 3. The smallest absolute Gasteiger partial charge is 0.0800 e. The van der Waals surface area contributed by atoms with Crippen molar-refractivity contribution in [2.24, 2.45) is 11.1 Å². The van der Waals surface area contributed by atoms with Gasteiger partial charge in [0, 0.05) is 36.4 Å². The van der Waals surface area contributed by atoms with Crippen LogP contribution in [0.5, 0.6) is 0 Å². The molecule has 2 heterocycles. The van der Waals surface area contributed by atoms with Crippen LogP contribution in [0.4, 0.5) is 0 Å². The molecular formula is C22H38N4. The molecule has 146 valence electrons. The molecule has 26 heavy (non-hydrogen) atoms. The molecule has 2 saturated carbocycles. The third-order valence-electron chi connectivity index (χ3n) is 7.57. The molecule has 0 aromatic carbocycles. The van der Waals surface area contributed by atoms with E-state index < -0.39 is 0 Å². The van der Waals surface area contributed by atoms with E-state index in [0.717, 1.165) is 19.0 Å². The summed E-state index contributed by atoms with van der Waals surface area (Å²) < 4.78 is 2.31. The number of hydrogen-bond donors (Lipinski definition) is 2. The van der Waals surface area contributed by atoms with Gasteiger partial charge in [0.15, 0.2) is 0 Å². The predicted molar refractivity (Wildman–Crippen MR) is 107 cm³/mol. The number of nitrogens with zero attached hydrogens (tertiary/aromatic N) is 2. The summed E-state index contributed by atoms with van der Waals surface area (Å²) in [6.07, 6.45) is 15.5. The van der Waals surface area contributed by atoms with Crippen LogP contribution in [0.15, 0.2) is 0 Å². The summed E-state index contributed by atoms with van der Waals surface area (Å²) in [5.41, 5.74) is 11.1. The average Bonchev–Trinajstić information content (AvgIpc) is 3.23. The van der Waals surface area contributed by atoms with E-state index in [1.807, 2.05) is 0 Å². The third kappa shape index (κ3) is 3.60. The lowest BCUT2D eigenvalue weighted by Gasteiger charge is -2.43. The Hall–Kier alpha value is -0.870. The fourth-order valence-electron chi connectivity index (χ4n) is 5.73. The van der Waals surface area contributed by atoms with E-state index in [0.29, 0.717) is 12.0 Å². The number of nitrogens with two attached hydrogens (primary N) is 1. The zero-order valence-electron chi connectivity index (χ0n) is 16.9. The highest BCUT2D eigenvalue weighted by molar-refractivity contribution is 5.33. The minimum absolute atomic E-state index is 0.0238. The van der Waals surface area contributed by atoms with Gasteiger partial charge in [-0.2, -0.15) is 5.10 Å². The maximum atomic E-state index is 5.91. The van der Waals surface area contributed by atoms with Crippen molar-refractivity contribution in [2.45, 2.75) is 109 Å². The zero-order chi connectivity index (χ0) is 18.2. The lowest BCUT2D eigenvalue weighted by atomic mass is 9.62. The van der Waals surface area contributed by atoms with Crippen molar-refractivity contribution in [3.63, 3.8) is 0 Å². The van der Waals surface area contributed by atoms with Crippen molar-refractivity contribution in [2.75, 3.05) is 6.54 Å². The van der Waals surface area contributed by atoms with Crippen LogP contribution < -0.4 is 11.1 Å². The highest BCUT2D eigenvalue weighted by atomic mass is 15.3. The summed E-state index contributed by atoms with van der Waals surface area (Å²) >= 11 is 0. The van der Waals surface area contributed by atoms with Crippen molar-refractivity contribution < 1.29 is 0 Å². The molecule has 3 N–H and O–H groups in total. The molecule has 4 rings (SSSR count). The van der Waals surface area contributed by atoms with E-state index in [1.165, 1.54) is 76.3 Å². The second-order valence-electron chi connectivity index (χ2n) is 9.91. The van der Waals surface area contributed by atoms with Crippen molar-refractivity contribution >= 4 is 0 Å². The van der Waals surface area contributed by atoms with Crippen molar-refractivity contribution in [1.82, 2.24) is 15.1 Å². The van der Waals surface area contributed by atoms with Gasteiger partial charge < -0.3 is 11.1 Å². The number of fused-ring (bicyclic) bond motifs is 1. The van der Waals surface area contributed by atoms with Crippen LogP contribution in [-0.4, -0.2) is 21.9 Å². The Labute approximate surface area is 159 Å². The van der Waals surface area contributed by atoms with Crippen molar-refractivity contribution in [3.05, 3.63) is 17.0 Å². The first-order valence-corrected chi connectivity index (χ1v) is 11.1. The lowest BCUT2D eigenvalue weighted by molar-refractivity contribution is 0.114. The first-order chi connectivity index (χ1) is 12.5. The molecule has 0 bridgehead atoms. The maximum absolute atomic E-state index is 5.91. The fraction of sp³-hybridized carbons (Fsp3) is 0.864. The lowest BCUT2D eigenvalue weighted by Crippen LogP contribution is -2.45. The van der Waals surface area contributed by atoms with Crippen LogP contribution in [0, 0.1) is 5.41 Å². The van der Waals surface area contributed by atoms with E-state index in [9.17, 15) is 0 Å². The summed E-state index contributed by atoms with van der Waals surface area (Å²) in [6.45, 7) is 7.00.